The second-order valence-corrected chi connectivity index (χ2v) is 5.69. The number of amides is 2. The van der Waals surface area contributed by atoms with Crippen molar-refractivity contribution in [3.63, 3.8) is 0 Å². The van der Waals surface area contributed by atoms with Crippen molar-refractivity contribution in [3.8, 4) is 5.75 Å². The van der Waals surface area contributed by atoms with Crippen LogP contribution in [0, 0.1) is 0 Å². The van der Waals surface area contributed by atoms with Gasteiger partial charge >= 0.3 is 0 Å². The molecule has 24 heavy (non-hydrogen) atoms. The van der Waals surface area contributed by atoms with Crippen LogP contribution in [0.5, 0.6) is 5.75 Å². The molecule has 2 amide bonds. The Morgan fingerprint density at radius 2 is 1.79 bits per heavy atom. The van der Waals surface area contributed by atoms with E-state index < -0.39 is 0 Å². The lowest BCUT2D eigenvalue weighted by atomic mass is 10.2. The molecule has 2 N–H and O–H groups in total. The Morgan fingerprint density at radius 3 is 2.46 bits per heavy atom. The summed E-state index contributed by atoms with van der Waals surface area (Å²) in [6, 6.07) is 11.3. The van der Waals surface area contributed by atoms with Crippen molar-refractivity contribution >= 4 is 40.7 Å². The third kappa shape index (κ3) is 5.15. The topological polar surface area (TPSA) is 67.4 Å². The van der Waals surface area contributed by atoms with E-state index in [0.29, 0.717) is 33.6 Å². The first-order valence-corrected chi connectivity index (χ1v) is 8.01. The van der Waals surface area contributed by atoms with Gasteiger partial charge in [-0.2, -0.15) is 0 Å². The average Bonchev–Trinajstić information content (AvgIpc) is 2.56. The lowest BCUT2D eigenvalue weighted by Crippen LogP contribution is -2.23. The van der Waals surface area contributed by atoms with E-state index in [1.807, 2.05) is 6.92 Å². The van der Waals surface area contributed by atoms with E-state index in [4.69, 9.17) is 27.9 Å². The maximum atomic E-state index is 11.9. The van der Waals surface area contributed by atoms with Crippen molar-refractivity contribution in [2.75, 3.05) is 18.5 Å². The van der Waals surface area contributed by atoms with Crippen LogP contribution in [0.15, 0.2) is 42.5 Å². The smallest absolute Gasteiger partial charge is 0.262 e. The standard InChI is InChI=1S/C17H16Cl2N2O3/c1-2-20-17(23)11-3-6-13(7-4-11)21-16(22)10-24-15-9-12(18)5-8-14(15)19/h3-9H,2,10H2,1H3,(H,20,23)(H,21,22). The summed E-state index contributed by atoms with van der Waals surface area (Å²) in [4.78, 5) is 23.6. The molecule has 0 atom stereocenters. The molecular formula is C17H16Cl2N2O3. The lowest BCUT2D eigenvalue weighted by Gasteiger charge is -2.09. The Balaban J connectivity index is 1.90. The van der Waals surface area contributed by atoms with Crippen LogP contribution >= 0.6 is 23.2 Å². The number of ether oxygens (including phenoxy) is 1. The van der Waals surface area contributed by atoms with Crippen molar-refractivity contribution in [2.24, 2.45) is 0 Å². The zero-order chi connectivity index (χ0) is 17.5. The predicted molar refractivity (Wildman–Crippen MR) is 95.0 cm³/mol. The SMILES string of the molecule is CCNC(=O)c1ccc(NC(=O)COc2cc(Cl)ccc2Cl)cc1. The minimum atomic E-state index is -0.350. The molecular weight excluding hydrogens is 351 g/mol. The summed E-state index contributed by atoms with van der Waals surface area (Å²) in [5, 5.41) is 6.22. The fourth-order valence-corrected chi connectivity index (χ4v) is 2.23. The number of rotatable bonds is 6. The van der Waals surface area contributed by atoms with Gasteiger partial charge in [0.15, 0.2) is 6.61 Å². The third-order valence-corrected chi connectivity index (χ3v) is 3.57. The van der Waals surface area contributed by atoms with E-state index in [1.54, 1.807) is 36.4 Å². The van der Waals surface area contributed by atoms with Gasteiger partial charge in [0.25, 0.3) is 11.8 Å². The molecule has 0 fully saturated rings. The Labute approximate surface area is 149 Å². The summed E-state index contributed by atoms with van der Waals surface area (Å²) in [6.07, 6.45) is 0. The molecule has 0 aliphatic heterocycles. The van der Waals surface area contributed by atoms with Crippen molar-refractivity contribution in [1.82, 2.24) is 5.32 Å². The summed E-state index contributed by atoms with van der Waals surface area (Å²) < 4.78 is 5.35. The molecule has 0 bridgehead atoms. The molecule has 5 nitrogen and oxygen atoms in total. The van der Waals surface area contributed by atoms with Crippen molar-refractivity contribution in [2.45, 2.75) is 6.92 Å². The van der Waals surface area contributed by atoms with Gasteiger partial charge in [0.1, 0.15) is 5.75 Å². The van der Waals surface area contributed by atoms with Crippen LogP contribution in [-0.2, 0) is 4.79 Å². The number of hydrogen-bond acceptors (Lipinski definition) is 3. The molecule has 2 aromatic carbocycles. The first kappa shape index (κ1) is 18.1. The van der Waals surface area contributed by atoms with Gasteiger partial charge in [-0.3, -0.25) is 9.59 Å². The predicted octanol–water partition coefficient (Wildman–Crippen LogP) is 3.76. The van der Waals surface area contributed by atoms with Crippen molar-refractivity contribution in [3.05, 3.63) is 58.1 Å². The second-order valence-electron chi connectivity index (χ2n) is 4.85. The van der Waals surface area contributed by atoms with Crippen LogP contribution in [-0.4, -0.2) is 25.0 Å². The third-order valence-electron chi connectivity index (χ3n) is 3.02. The zero-order valence-electron chi connectivity index (χ0n) is 12.9. The van der Waals surface area contributed by atoms with E-state index in [0.717, 1.165) is 0 Å². The number of halogens is 2. The van der Waals surface area contributed by atoms with Gasteiger partial charge in [-0.15, -0.1) is 0 Å². The van der Waals surface area contributed by atoms with Crippen LogP contribution in [0.1, 0.15) is 17.3 Å². The van der Waals surface area contributed by atoms with E-state index in [9.17, 15) is 9.59 Å². The number of anilines is 1. The van der Waals surface area contributed by atoms with Gasteiger partial charge in [-0.05, 0) is 43.3 Å². The van der Waals surface area contributed by atoms with E-state index in [1.165, 1.54) is 6.07 Å². The fourth-order valence-electron chi connectivity index (χ4n) is 1.90. The molecule has 0 saturated heterocycles. The maximum absolute atomic E-state index is 11.9. The first-order chi connectivity index (χ1) is 11.5. The molecule has 0 spiro atoms. The minimum Gasteiger partial charge on any atom is -0.482 e. The Morgan fingerprint density at radius 1 is 1.08 bits per heavy atom. The molecule has 0 aliphatic carbocycles. The van der Waals surface area contributed by atoms with Crippen LogP contribution in [0.2, 0.25) is 10.0 Å². The lowest BCUT2D eigenvalue weighted by molar-refractivity contribution is -0.118. The number of benzene rings is 2. The van der Waals surface area contributed by atoms with E-state index in [-0.39, 0.29) is 18.4 Å². The number of hydrogen-bond donors (Lipinski definition) is 2. The average molecular weight is 367 g/mol. The van der Waals surface area contributed by atoms with Crippen LogP contribution in [0.25, 0.3) is 0 Å². The highest BCUT2D eigenvalue weighted by atomic mass is 35.5. The van der Waals surface area contributed by atoms with Gasteiger partial charge in [-0.1, -0.05) is 23.2 Å². The maximum Gasteiger partial charge on any atom is 0.262 e. The molecule has 126 valence electrons. The minimum absolute atomic E-state index is 0.158. The van der Waals surface area contributed by atoms with Gasteiger partial charge in [0.2, 0.25) is 0 Å². The van der Waals surface area contributed by atoms with E-state index in [2.05, 4.69) is 10.6 Å². The molecule has 0 saturated carbocycles. The van der Waals surface area contributed by atoms with E-state index >= 15 is 0 Å². The molecule has 0 unspecified atom stereocenters. The van der Waals surface area contributed by atoms with Crippen LogP contribution in [0.4, 0.5) is 5.69 Å². The first-order valence-electron chi connectivity index (χ1n) is 7.25. The van der Waals surface area contributed by atoms with Gasteiger partial charge in [0.05, 0.1) is 5.02 Å². The summed E-state index contributed by atoms with van der Waals surface area (Å²) >= 11 is 11.8. The quantitative estimate of drug-likeness (QED) is 0.817. The summed E-state index contributed by atoms with van der Waals surface area (Å²) in [5.74, 6) is -0.169. The molecule has 0 heterocycles. The zero-order valence-corrected chi connectivity index (χ0v) is 14.4. The number of nitrogens with one attached hydrogen (secondary N) is 2. The summed E-state index contributed by atoms with van der Waals surface area (Å²) in [6.45, 7) is 2.19. The van der Waals surface area contributed by atoms with Crippen molar-refractivity contribution < 1.29 is 14.3 Å². The molecule has 0 radical (unpaired) electrons. The number of carbonyl (C=O) groups is 2. The highest BCUT2D eigenvalue weighted by Gasteiger charge is 2.08. The molecule has 2 aromatic rings. The highest BCUT2D eigenvalue weighted by Crippen LogP contribution is 2.27. The van der Waals surface area contributed by atoms with Gasteiger partial charge in [-0.25, -0.2) is 0 Å². The van der Waals surface area contributed by atoms with Gasteiger partial charge < -0.3 is 15.4 Å². The molecule has 7 heteroatoms. The summed E-state index contributed by atoms with van der Waals surface area (Å²) in [7, 11) is 0. The largest absolute Gasteiger partial charge is 0.482 e. The molecule has 2 rings (SSSR count). The monoisotopic (exact) mass is 366 g/mol. The van der Waals surface area contributed by atoms with Crippen LogP contribution < -0.4 is 15.4 Å². The molecule has 0 aromatic heterocycles. The van der Waals surface area contributed by atoms with Crippen LogP contribution in [0.3, 0.4) is 0 Å². The Bertz CT molecular complexity index is 733. The highest BCUT2D eigenvalue weighted by molar-refractivity contribution is 6.34. The van der Waals surface area contributed by atoms with Crippen molar-refractivity contribution in [1.29, 1.82) is 0 Å². The second kappa shape index (κ2) is 8.57. The fraction of sp³-hybridized carbons (Fsp3) is 0.176. The summed E-state index contributed by atoms with van der Waals surface area (Å²) in [5.41, 5.74) is 1.09. The molecule has 0 aliphatic rings. The van der Waals surface area contributed by atoms with Gasteiger partial charge in [0, 0.05) is 28.9 Å². The Kier molecular flexibility index (Phi) is 6.46. The Hall–Kier alpha value is -2.24. The number of carbonyl (C=O) groups excluding carboxylic acids is 2. The normalized spacial score (nSPS) is 10.1.